The molecular weight excluding hydrogens is 454 g/mol. The summed E-state index contributed by atoms with van der Waals surface area (Å²) >= 11 is 3.04. The van der Waals surface area contributed by atoms with Crippen LogP contribution in [0.5, 0.6) is 11.5 Å². The highest BCUT2D eigenvalue weighted by Crippen LogP contribution is 2.31. The van der Waals surface area contributed by atoms with Crippen LogP contribution in [0.2, 0.25) is 0 Å². The van der Waals surface area contributed by atoms with E-state index in [9.17, 15) is 4.79 Å². The van der Waals surface area contributed by atoms with Crippen LogP contribution in [0.15, 0.2) is 60.1 Å². The van der Waals surface area contributed by atoms with Crippen LogP contribution in [-0.2, 0) is 13.2 Å². The molecule has 3 heterocycles. The zero-order chi connectivity index (χ0) is 23.2. The lowest BCUT2D eigenvalue weighted by atomic mass is 10.1. The molecule has 0 unspecified atom stereocenters. The fourth-order valence-corrected chi connectivity index (χ4v) is 4.99. The molecule has 0 aliphatic carbocycles. The summed E-state index contributed by atoms with van der Waals surface area (Å²) in [5, 5.41) is 2.78. The fraction of sp³-hybridized carbons (Fsp3) is 0.240. The number of hydrogen-bond acceptors (Lipinski definition) is 7. The number of nitrogens with zero attached hydrogens (tertiary/aromatic N) is 3. The molecule has 8 heteroatoms. The average molecular weight is 480 g/mol. The number of pyridine rings is 1. The summed E-state index contributed by atoms with van der Waals surface area (Å²) in [7, 11) is 1.62. The molecule has 4 rings (SSSR count). The highest BCUT2D eigenvalue weighted by Gasteiger charge is 2.22. The molecule has 0 aliphatic rings. The van der Waals surface area contributed by atoms with Crippen molar-refractivity contribution >= 4 is 28.6 Å². The number of hydrogen-bond donors (Lipinski definition) is 0. The maximum Gasteiger partial charge on any atom is 0.266 e. The molecule has 4 aromatic rings. The number of thiophene rings is 1. The number of carbonyl (C=O) groups is 1. The van der Waals surface area contributed by atoms with Crippen LogP contribution < -0.4 is 9.47 Å². The van der Waals surface area contributed by atoms with Crippen molar-refractivity contribution < 1.29 is 14.3 Å². The minimum Gasteiger partial charge on any atom is -0.493 e. The van der Waals surface area contributed by atoms with E-state index in [-0.39, 0.29) is 5.91 Å². The molecule has 0 aliphatic heterocycles. The van der Waals surface area contributed by atoms with Gasteiger partial charge in [-0.3, -0.25) is 9.78 Å². The number of benzene rings is 1. The van der Waals surface area contributed by atoms with E-state index in [1.165, 1.54) is 11.3 Å². The maximum atomic E-state index is 13.3. The summed E-state index contributed by atoms with van der Waals surface area (Å²) in [4.78, 5) is 25.8. The third-order valence-electron chi connectivity index (χ3n) is 5.10. The van der Waals surface area contributed by atoms with Gasteiger partial charge >= 0.3 is 0 Å². The SMILES string of the molecule is CCN(Cc1ccc(OCc2cccs2)c(OC)c1)C(=O)c1sc(-c2ccccn2)nc1C. The van der Waals surface area contributed by atoms with Crippen molar-refractivity contribution in [3.05, 3.63) is 81.1 Å². The van der Waals surface area contributed by atoms with Crippen molar-refractivity contribution in [2.45, 2.75) is 27.0 Å². The first-order chi connectivity index (χ1) is 16.1. The van der Waals surface area contributed by atoms with Crippen molar-refractivity contribution in [2.24, 2.45) is 0 Å². The summed E-state index contributed by atoms with van der Waals surface area (Å²) in [5.41, 5.74) is 2.47. The summed E-state index contributed by atoms with van der Waals surface area (Å²) in [5.74, 6) is 1.30. The highest BCUT2D eigenvalue weighted by atomic mass is 32.1. The molecule has 0 saturated carbocycles. The van der Waals surface area contributed by atoms with Gasteiger partial charge in [-0.25, -0.2) is 4.98 Å². The number of carbonyl (C=O) groups excluding carboxylic acids is 1. The van der Waals surface area contributed by atoms with Crippen molar-refractivity contribution in [1.82, 2.24) is 14.9 Å². The number of ether oxygens (including phenoxy) is 2. The number of amides is 1. The normalized spacial score (nSPS) is 10.8. The fourth-order valence-electron chi connectivity index (χ4n) is 3.36. The molecule has 0 saturated heterocycles. The van der Waals surface area contributed by atoms with Crippen molar-refractivity contribution in [3.63, 3.8) is 0 Å². The minimum atomic E-state index is -0.0355. The van der Waals surface area contributed by atoms with Crippen LogP contribution in [0.4, 0.5) is 0 Å². The first kappa shape index (κ1) is 22.9. The first-order valence-corrected chi connectivity index (χ1v) is 12.3. The van der Waals surface area contributed by atoms with Crippen molar-refractivity contribution in [1.29, 1.82) is 0 Å². The van der Waals surface area contributed by atoms with Gasteiger partial charge in [0.25, 0.3) is 5.91 Å². The Labute approximate surface area is 201 Å². The topological polar surface area (TPSA) is 64.6 Å². The number of rotatable bonds is 9. The number of aromatic nitrogens is 2. The molecule has 170 valence electrons. The Hall–Kier alpha value is -3.23. The van der Waals surface area contributed by atoms with E-state index in [1.54, 1.807) is 24.6 Å². The summed E-state index contributed by atoms with van der Waals surface area (Å²) in [6.45, 7) is 5.38. The second-order valence-electron chi connectivity index (χ2n) is 7.32. The van der Waals surface area contributed by atoms with Crippen LogP contribution in [0.1, 0.15) is 32.7 Å². The zero-order valence-corrected chi connectivity index (χ0v) is 20.4. The van der Waals surface area contributed by atoms with Gasteiger partial charge in [-0.15, -0.1) is 22.7 Å². The lowest BCUT2D eigenvalue weighted by Gasteiger charge is -2.21. The molecule has 1 amide bonds. The van der Waals surface area contributed by atoms with Gasteiger partial charge in [0, 0.05) is 24.2 Å². The molecule has 0 radical (unpaired) electrons. The lowest BCUT2D eigenvalue weighted by Crippen LogP contribution is -2.30. The zero-order valence-electron chi connectivity index (χ0n) is 18.8. The van der Waals surface area contributed by atoms with E-state index in [0.29, 0.717) is 36.1 Å². The maximum absolute atomic E-state index is 13.3. The Morgan fingerprint density at radius 1 is 1.12 bits per heavy atom. The van der Waals surface area contributed by atoms with Crippen molar-refractivity contribution in [2.75, 3.05) is 13.7 Å². The third kappa shape index (κ3) is 5.40. The highest BCUT2D eigenvalue weighted by molar-refractivity contribution is 7.17. The predicted molar refractivity (Wildman–Crippen MR) is 132 cm³/mol. The summed E-state index contributed by atoms with van der Waals surface area (Å²) < 4.78 is 11.5. The van der Waals surface area contributed by atoms with Gasteiger partial charge in [-0.2, -0.15) is 0 Å². The molecule has 3 aromatic heterocycles. The van der Waals surface area contributed by atoms with Crippen molar-refractivity contribution in [3.8, 4) is 22.2 Å². The summed E-state index contributed by atoms with van der Waals surface area (Å²) in [6, 6.07) is 15.5. The van der Waals surface area contributed by atoms with E-state index >= 15 is 0 Å². The van der Waals surface area contributed by atoms with Crippen LogP contribution in [-0.4, -0.2) is 34.4 Å². The van der Waals surface area contributed by atoms with Crippen LogP contribution in [0.3, 0.4) is 0 Å². The quantitative estimate of drug-likeness (QED) is 0.302. The van der Waals surface area contributed by atoms with E-state index in [0.717, 1.165) is 26.8 Å². The first-order valence-electron chi connectivity index (χ1n) is 10.6. The van der Waals surface area contributed by atoms with E-state index in [4.69, 9.17) is 9.47 Å². The predicted octanol–water partition coefficient (Wildman–Crippen LogP) is 5.82. The largest absolute Gasteiger partial charge is 0.493 e. The molecule has 0 spiro atoms. The Kier molecular flexibility index (Phi) is 7.36. The van der Waals surface area contributed by atoms with Crippen LogP contribution >= 0.6 is 22.7 Å². The monoisotopic (exact) mass is 479 g/mol. The Morgan fingerprint density at radius 3 is 2.70 bits per heavy atom. The molecule has 0 atom stereocenters. The third-order valence-corrected chi connectivity index (χ3v) is 7.11. The second-order valence-corrected chi connectivity index (χ2v) is 9.35. The lowest BCUT2D eigenvalue weighted by molar-refractivity contribution is 0.0756. The number of aryl methyl sites for hydroxylation is 1. The van der Waals surface area contributed by atoms with Gasteiger partial charge in [0.15, 0.2) is 11.5 Å². The molecule has 6 nitrogen and oxygen atoms in total. The minimum absolute atomic E-state index is 0.0355. The van der Waals surface area contributed by atoms with Gasteiger partial charge in [-0.1, -0.05) is 18.2 Å². The van der Waals surface area contributed by atoms with Gasteiger partial charge < -0.3 is 14.4 Å². The molecule has 0 fully saturated rings. The van der Waals surface area contributed by atoms with Gasteiger partial charge in [0.1, 0.15) is 16.5 Å². The van der Waals surface area contributed by atoms with Gasteiger partial charge in [0.2, 0.25) is 0 Å². The average Bonchev–Trinajstić information content (AvgIpc) is 3.51. The van der Waals surface area contributed by atoms with Crippen LogP contribution in [0, 0.1) is 6.92 Å². The van der Waals surface area contributed by atoms with Gasteiger partial charge in [0.05, 0.1) is 18.5 Å². The number of thiazole rings is 1. The van der Waals surface area contributed by atoms with E-state index < -0.39 is 0 Å². The Morgan fingerprint density at radius 2 is 2.00 bits per heavy atom. The molecule has 0 N–H and O–H groups in total. The standard InChI is InChI=1S/C25H25N3O3S2/c1-4-28(25(29)23-17(2)27-24(33-23)20-9-5-6-12-26-20)15-18-10-11-21(22(14-18)30-3)31-16-19-8-7-13-32-19/h5-14H,4,15-16H2,1-3H3. The van der Waals surface area contributed by atoms with Crippen LogP contribution in [0.25, 0.3) is 10.7 Å². The molecule has 33 heavy (non-hydrogen) atoms. The molecule has 1 aromatic carbocycles. The van der Waals surface area contributed by atoms with Gasteiger partial charge in [-0.05, 0) is 55.1 Å². The number of methoxy groups -OCH3 is 1. The van der Waals surface area contributed by atoms with E-state index in [1.807, 2.05) is 72.7 Å². The molecule has 0 bridgehead atoms. The molecular formula is C25H25N3O3S2. The smallest absolute Gasteiger partial charge is 0.266 e. The summed E-state index contributed by atoms with van der Waals surface area (Å²) in [6.07, 6.45) is 1.73. The Balaban J connectivity index is 1.49. The van der Waals surface area contributed by atoms with E-state index in [2.05, 4.69) is 9.97 Å². The second kappa shape index (κ2) is 10.6. The Bertz CT molecular complexity index is 1210.